The van der Waals surface area contributed by atoms with E-state index in [1.807, 2.05) is 6.92 Å². The summed E-state index contributed by atoms with van der Waals surface area (Å²) < 4.78 is 5.10. The van der Waals surface area contributed by atoms with E-state index >= 15 is 0 Å². The summed E-state index contributed by atoms with van der Waals surface area (Å²) in [5.41, 5.74) is 1.32. The summed E-state index contributed by atoms with van der Waals surface area (Å²) in [5.74, 6) is 0.408. The SMILES string of the molecule is CC[NH+](CC(=O)Nc1ccc(OC)cc1)[C@H](C)C(=O)Nc1cccc(Cl)c1. The van der Waals surface area contributed by atoms with Crippen LogP contribution in [-0.2, 0) is 9.59 Å². The molecule has 0 bridgehead atoms. The number of carbonyl (C=O) groups excluding carboxylic acids is 2. The van der Waals surface area contributed by atoms with Crippen molar-refractivity contribution in [3.63, 3.8) is 0 Å². The van der Waals surface area contributed by atoms with Crippen molar-refractivity contribution in [3.8, 4) is 5.75 Å². The van der Waals surface area contributed by atoms with Crippen molar-refractivity contribution >= 4 is 34.8 Å². The molecule has 2 atom stereocenters. The topological polar surface area (TPSA) is 71.9 Å². The fourth-order valence-corrected chi connectivity index (χ4v) is 2.86. The van der Waals surface area contributed by atoms with Crippen LogP contribution >= 0.6 is 11.6 Å². The molecular formula is C20H25ClN3O3+. The molecule has 1 unspecified atom stereocenters. The van der Waals surface area contributed by atoms with Crippen molar-refractivity contribution in [2.24, 2.45) is 0 Å². The van der Waals surface area contributed by atoms with Crippen LogP contribution in [0, 0.1) is 0 Å². The summed E-state index contributed by atoms with van der Waals surface area (Å²) in [6.07, 6.45) is 0. The summed E-state index contributed by atoms with van der Waals surface area (Å²) in [7, 11) is 1.59. The average Bonchev–Trinajstić information content (AvgIpc) is 2.66. The van der Waals surface area contributed by atoms with Gasteiger partial charge >= 0.3 is 0 Å². The van der Waals surface area contributed by atoms with Crippen LogP contribution in [0.3, 0.4) is 0 Å². The quantitative estimate of drug-likeness (QED) is 0.647. The van der Waals surface area contributed by atoms with Crippen molar-refractivity contribution in [2.75, 3.05) is 30.8 Å². The molecule has 0 radical (unpaired) electrons. The van der Waals surface area contributed by atoms with Gasteiger partial charge in [-0.15, -0.1) is 0 Å². The minimum absolute atomic E-state index is 0.153. The molecule has 0 aromatic heterocycles. The first kappa shape index (κ1) is 20.7. The molecule has 0 heterocycles. The van der Waals surface area contributed by atoms with Gasteiger partial charge in [-0.25, -0.2) is 0 Å². The maximum absolute atomic E-state index is 12.5. The van der Waals surface area contributed by atoms with Crippen LogP contribution in [-0.4, -0.2) is 38.1 Å². The molecular weight excluding hydrogens is 366 g/mol. The lowest BCUT2D eigenvalue weighted by atomic mass is 10.2. The smallest absolute Gasteiger partial charge is 0.282 e. The lowest BCUT2D eigenvalue weighted by Gasteiger charge is -2.23. The number of amides is 2. The van der Waals surface area contributed by atoms with Gasteiger partial charge in [-0.05, 0) is 56.3 Å². The number of carbonyl (C=O) groups is 2. The van der Waals surface area contributed by atoms with E-state index in [2.05, 4.69) is 10.6 Å². The highest BCUT2D eigenvalue weighted by Crippen LogP contribution is 2.15. The highest BCUT2D eigenvalue weighted by molar-refractivity contribution is 6.30. The Morgan fingerprint density at radius 2 is 1.81 bits per heavy atom. The Labute approximate surface area is 164 Å². The molecule has 27 heavy (non-hydrogen) atoms. The number of nitrogens with one attached hydrogen (secondary N) is 3. The third-order valence-corrected chi connectivity index (χ3v) is 4.55. The fourth-order valence-electron chi connectivity index (χ4n) is 2.67. The van der Waals surface area contributed by atoms with Gasteiger partial charge in [0.1, 0.15) is 5.75 Å². The molecule has 0 saturated carbocycles. The van der Waals surface area contributed by atoms with Crippen LogP contribution in [0.2, 0.25) is 5.02 Å². The van der Waals surface area contributed by atoms with Gasteiger partial charge in [0.25, 0.3) is 11.8 Å². The number of ether oxygens (including phenoxy) is 1. The van der Waals surface area contributed by atoms with Crippen LogP contribution in [0.25, 0.3) is 0 Å². The van der Waals surface area contributed by atoms with Crippen molar-refractivity contribution in [2.45, 2.75) is 19.9 Å². The molecule has 2 aromatic carbocycles. The van der Waals surface area contributed by atoms with Gasteiger partial charge in [0.2, 0.25) is 0 Å². The summed E-state index contributed by atoms with van der Waals surface area (Å²) in [6, 6.07) is 13.7. The van der Waals surface area contributed by atoms with Crippen molar-refractivity contribution < 1.29 is 19.2 Å². The van der Waals surface area contributed by atoms with Crippen LogP contribution in [0.1, 0.15) is 13.8 Å². The molecule has 0 spiro atoms. The Hall–Kier alpha value is -2.57. The fraction of sp³-hybridized carbons (Fsp3) is 0.300. The number of likely N-dealkylation sites (N-methyl/N-ethyl adjacent to an activating group) is 1. The van der Waals surface area contributed by atoms with Crippen molar-refractivity contribution in [1.29, 1.82) is 0 Å². The van der Waals surface area contributed by atoms with Crippen LogP contribution in [0.4, 0.5) is 11.4 Å². The molecule has 0 aliphatic rings. The Balaban J connectivity index is 1.93. The van der Waals surface area contributed by atoms with E-state index in [0.29, 0.717) is 22.9 Å². The zero-order valence-electron chi connectivity index (χ0n) is 15.7. The minimum Gasteiger partial charge on any atom is -0.497 e. The molecule has 2 amide bonds. The molecule has 2 rings (SSSR count). The summed E-state index contributed by atoms with van der Waals surface area (Å²) in [5, 5.41) is 6.24. The second kappa shape index (κ2) is 9.94. The molecule has 0 aliphatic heterocycles. The Kier molecular flexibility index (Phi) is 7.64. The number of hydrogen-bond donors (Lipinski definition) is 3. The third-order valence-electron chi connectivity index (χ3n) is 4.31. The molecule has 0 saturated heterocycles. The normalized spacial score (nSPS) is 12.7. The van der Waals surface area contributed by atoms with E-state index in [0.717, 1.165) is 10.6 Å². The van der Waals surface area contributed by atoms with Gasteiger partial charge < -0.3 is 20.3 Å². The van der Waals surface area contributed by atoms with E-state index in [9.17, 15) is 9.59 Å². The number of halogens is 1. The second-order valence-electron chi connectivity index (χ2n) is 6.19. The lowest BCUT2D eigenvalue weighted by Crippen LogP contribution is -3.17. The van der Waals surface area contributed by atoms with Crippen LogP contribution in [0.15, 0.2) is 48.5 Å². The highest BCUT2D eigenvalue weighted by Gasteiger charge is 2.26. The predicted octanol–water partition coefficient (Wildman–Crippen LogP) is 2.22. The first-order valence-corrected chi connectivity index (χ1v) is 9.15. The molecule has 2 aromatic rings. The molecule has 144 valence electrons. The zero-order valence-corrected chi connectivity index (χ0v) is 16.5. The minimum atomic E-state index is -0.393. The molecule has 6 nitrogen and oxygen atoms in total. The number of quaternary nitrogens is 1. The zero-order chi connectivity index (χ0) is 19.8. The summed E-state index contributed by atoms with van der Waals surface area (Å²) in [4.78, 5) is 25.7. The third kappa shape index (κ3) is 6.27. The first-order valence-electron chi connectivity index (χ1n) is 8.77. The summed E-state index contributed by atoms with van der Waals surface area (Å²) in [6.45, 7) is 4.57. The van der Waals surface area contributed by atoms with Gasteiger partial charge in [-0.2, -0.15) is 0 Å². The molecule has 0 aliphatic carbocycles. The van der Waals surface area contributed by atoms with E-state index in [4.69, 9.17) is 16.3 Å². The number of methoxy groups -OCH3 is 1. The van der Waals surface area contributed by atoms with Gasteiger partial charge in [0.15, 0.2) is 12.6 Å². The van der Waals surface area contributed by atoms with E-state index in [1.54, 1.807) is 62.6 Å². The molecule has 7 heteroatoms. The van der Waals surface area contributed by atoms with Crippen molar-refractivity contribution in [3.05, 3.63) is 53.6 Å². The van der Waals surface area contributed by atoms with Gasteiger partial charge in [-0.3, -0.25) is 9.59 Å². The predicted molar refractivity (Wildman–Crippen MR) is 108 cm³/mol. The average molecular weight is 391 g/mol. The molecule has 3 N–H and O–H groups in total. The Morgan fingerprint density at radius 1 is 1.11 bits per heavy atom. The summed E-state index contributed by atoms with van der Waals surface area (Å²) >= 11 is 5.95. The van der Waals surface area contributed by atoms with Gasteiger partial charge in [0.05, 0.1) is 13.7 Å². The van der Waals surface area contributed by atoms with E-state index in [1.165, 1.54) is 0 Å². The monoisotopic (exact) mass is 390 g/mol. The maximum Gasteiger partial charge on any atom is 0.282 e. The van der Waals surface area contributed by atoms with E-state index in [-0.39, 0.29) is 18.4 Å². The van der Waals surface area contributed by atoms with E-state index < -0.39 is 6.04 Å². The highest BCUT2D eigenvalue weighted by atomic mass is 35.5. The number of anilines is 2. The largest absolute Gasteiger partial charge is 0.497 e. The Bertz CT molecular complexity index is 780. The van der Waals surface area contributed by atoms with Gasteiger partial charge in [-0.1, -0.05) is 17.7 Å². The first-order chi connectivity index (χ1) is 12.9. The van der Waals surface area contributed by atoms with Crippen molar-refractivity contribution in [1.82, 2.24) is 0 Å². The van der Waals surface area contributed by atoms with Gasteiger partial charge in [0, 0.05) is 16.4 Å². The van der Waals surface area contributed by atoms with Crippen LogP contribution < -0.4 is 20.3 Å². The number of rotatable bonds is 8. The Morgan fingerprint density at radius 3 is 2.41 bits per heavy atom. The maximum atomic E-state index is 12.5. The number of hydrogen-bond acceptors (Lipinski definition) is 3. The lowest BCUT2D eigenvalue weighted by molar-refractivity contribution is -0.904. The standard InChI is InChI=1S/C20H24ClN3O3/c1-4-24(13-19(25)22-16-8-10-18(27-3)11-9-16)14(2)20(26)23-17-7-5-6-15(21)12-17/h5-12,14H,4,13H2,1-3H3,(H,22,25)(H,23,26)/p+1/t14-/m1/s1. The number of benzene rings is 2. The second-order valence-corrected chi connectivity index (χ2v) is 6.62. The van der Waals surface area contributed by atoms with Crippen LogP contribution in [0.5, 0.6) is 5.75 Å². The molecule has 0 fully saturated rings.